The van der Waals surface area contributed by atoms with Crippen molar-refractivity contribution < 1.29 is 22.7 Å². The van der Waals surface area contributed by atoms with Crippen LogP contribution in [0.4, 0.5) is 5.69 Å². The number of nitriles is 1. The predicted octanol–water partition coefficient (Wildman–Crippen LogP) is 2.29. The highest BCUT2D eigenvalue weighted by atomic mass is 32.2. The average Bonchev–Trinajstić information content (AvgIpc) is 3.59. The van der Waals surface area contributed by atoms with E-state index >= 15 is 0 Å². The Morgan fingerprint density at radius 3 is 2.56 bits per heavy atom. The fourth-order valence-corrected chi connectivity index (χ4v) is 6.30. The largest absolute Gasteiger partial charge is 0.467 e. The molecule has 0 saturated carbocycles. The molecule has 4 aromatic rings. The number of benzene rings is 1. The number of aromatic nitrogens is 5. The van der Waals surface area contributed by atoms with Gasteiger partial charge in [0.1, 0.15) is 17.5 Å². The van der Waals surface area contributed by atoms with E-state index in [9.17, 15) is 23.3 Å². The van der Waals surface area contributed by atoms with E-state index in [2.05, 4.69) is 26.5 Å². The van der Waals surface area contributed by atoms with Crippen LogP contribution in [0.2, 0.25) is 0 Å². The minimum Gasteiger partial charge on any atom is -0.467 e. The lowest BCUT2D eigenvalue weighted by molar-refractivity contribution is -0.143. The molecule has 212 valence electrons. The number of hydrogen-bond acceptors (Lipinski definition) is 9. The maximum Gasteiger partial charge on any atom is 0.333 e. The molecule has 14 heteroatoms. The fraction of sp³-hybridized carbons (Fsp3) is 0.333. The van der Waals surface area contributed by atoms with Crippen molar-refractivity contribution in [2.45, 2.75) is 31.8 Å². The number of carbonyl (C=O) groups is 2. The van der Waals surface area contributed by atoms with Gasteiger partial charge in [0, 0.05) is 49.0 Å². The van der Waals surface area contributed by atoms with Gasteiger partial charge in [0.2, 0.25) is 15.9 Å². The van der Waals surface area contributed by atoms with Crippen molar-refractivity contribution in [3.63, 3.8) is 0 Å². The van der Waals surface area contributed by atoms with E-state index in [1.165, 1.54) is 24.7 Å². The quantitative estimate of drug-likeness (QED) is 0.294. The first-order valence-corrected chi connectivity index (χ1v) is 14.4. The van der Waals surface area contributed by atoms with Crippen molar-refractivity contribution in [2.24, 2.45) is 0 Å². The van der Waals surface area contributed by atoms with E-state index < -0.39 is 27.6 Å². The zero-order chi connectivity index (χ0) is 29.4. The number of nitrogens with one attached hydrogen (secondary N) is 1. The molecule has 1 N–H and O–H groups in total. The maximum absolute atomic E-state index is 13.0. The summed E-state index contributed by atoms with van der Waals surface area (Å²) < 4.78 is 34.4. The predicted molar refractivity (Wildman–Crippen MR) is 149 cm³/mol. The summed E-state index contributed by atoms with van der Waals surface area (Å²) in [7, 11) is -2.06. The zero-order valence-electron chi connectivity index (χ0n) is 22.7. The molecular weight excluding hydrogens is 548 g/mol. The number of hydrogen-bond donors (Lipinski definition) is 1. The number of anilines is 1. The van der Waals surface area contributed by atoms with Gasteiger partial charge in [-0.15, -0.1) is 0 Å². The maximum atomic E-state index is 13.0. The Morgan fingerprint density at radius 1 is 1.20 bits per heavy atom. The molecule has 1 aliphatic rings. The highest BCUT2D eigenvalue weighted by Gasteiger charge is 2.49. The van der Waals surface area contributed by atoms with Crippen LogP contribution in [-0.2, 0) is 29.9 Å². The van der Waals surface area contributed by atoms with Gasteiger partial charge in [-0.1, -0.05) is 12.1 Å². The summed E-state index contributed by atoms with van der Waals surface area (Å²) in [4.78, 5) is 33.3. The molecule has 1 aliphatic heterocycles. The topological polar surface area (TPSA) is 165 Å². The van der Waals surface area contributed by atoms with Crippen molar-refractivity contribution in [2.75, 3.05) is 31.3 Å². The lowest BCUT2D eigenvalue weighted by Crippen LogP contribution is -2.64. The summed E-state index contributed by atoms with van der Waals surface area (Å²) in [6.07, 6.45) is 6.59. The van der Waals surface area contributed by atoms with Crippen LogP contribution in [0.1, 0.15) is 31.9 Å². The Balaban J connectivity index is 1.50. The van der Waals surface area contributed by atoms with Crippen LogP contribution >= 0.6 is 0 Å². The summed E-state index contributed by atoms with van der Waals surface area (Å²) in [5.41, 5.74) is 2.16. The third kappa shape index (κ3) is 5.05. The second kappa shape index (κ2) is 10.8. The van der Waals surface area contributed by atoms with Crippen molar-refractivity contribution in [1.29, 1.82) is 5.26 Å². The van der Waals surface area contributed by atoms with E-state index in [1.54, 1.807) is 65.1 Å². The lowest BCUT2D eigenvalue weighted by Gasteiger charge is -2.47. The number of ether oxygens (including phenoxy) is 1. The first kappa shape index (κ1) is 27.9. The molecule has 1 atom stereocenters. The number of esters is 1. The molecule has 4 heterocycles. The van der Waals surface area contributed by atoms with Crippen molar-refractivity contribution in [3.05, 3.63) is 60.8 Å². The van der Waals surface area contributed by atoms with Gasteiger partial charge in [-0.25, -0.2) is 23.2 Å². The first-order chi connectivity index (χ1) is 19.6. The Kier molecular flexibility index (Phi) is 7.33. The third-order valence-electron chi connectivity index (χ3n) is 7.21. The number of carbonyl (C=O) groups excluding carboxylic acids is 2. The Morgan fingerprint density at radius 2 is 1.93 bits per heavy atom. The molecular formula is C27H28N8O5S. The van der Waals surface area contributed by atoms with E-state index in [4.69, 9.17) is 4.74 Å². The molecule has 1 unspecified atom stereocenters. The third-order valence-corrected chi connectivity index (χ3v) is 8.98. The summed E-state index contributed by atoms with van der Waals surface area (Å²) in [5, 5.41) is 17.3. The summed E-state index contributed by atoms with van der Waals surface area (Å²) >= 11 is 0. The zero-order valence-corrected chi connectivity index (χ0v) is 23.5. The molecule has 3 aromatic heterocycles. The molecule has 0 aliphatic carbocycles. The number of rotatable bonds is 9. The van der Waals surface area contributed by atoms with Crippen molar-refractivity contribution in [3.8, 4) is 17.3 Å². The molecule has 13 nitrogen and oxygen atoms in total. The number of amides is 1. The second-order valence-electron chi connectivity index (χ2n) is 9.81. The van der Waals surface area contributed by atoms with Gasteiger partial charge in [0.15, 0.2) is 6.04 Å². The first-order valence-electron chi connectivity index (χ1n) is 12.8. The molecule has 0 spiro atoms. The van der Waals surface area contributed by atoms with Gasteiger partial charge in [-0.05, 0) is 30.7 Å². The summed E-state index contributed by atoms with van der Waals surface area (Å²) in [5.74, 6) is -0.717. The van der Waals surface area contributed by atoms with E-state index in [0.29, 0.717) is 33.5 Å². The van der Waals surface area contributed by atoms with Crippen molar-refractivity contribution in [1.82, 2.24) is 28.6 Å². The molecule has 1 aromatic carbocycles. The second-order valence-corrected chi connectivity index (χ2v) is 12.1. The highest BCUT2D eigenvalue weighted by molar-refractivity contribution is 7.89. The molecule has 1 amide bonds. The van der Waals surface area contributed by atoms with Crippen LogP contribution in [0, 0.1) is 11.3 Å². The van der Waals surface area contributed by atoms with E-state index in [1.807, 2.05) is 0 Å². The van der Waals surface area contributed by atoms with Gasteiger partial charge >= 0.3 is 5.97 Å². The number of methoxy groups -OCH3 is 1. The molecule has 41 heavy (non-hydrogen) atoms. The van der Waals surface area contributed by atoms with Gasteiger partial charge < -0.3 is 14.6 Å². The highest BCUT2D eigenvalue weighted by Crippen LogP contribution is 2.36. The van der Waals surface area contributed by atoms with Crippen molar-refractivity contribution >= 4 is 38.6 Å². The van der Waals surface area contributed by atoms with Gasteiger partial charge in [0.05, 0.1) is 37.2 Å². The minimum atomic E-state index is -3.38. The monoisotopic (exact) mass is 576 g/mol. The van der Waals surface area contributed by atoms with Crippen LogP contribution in [0.3, 0.4) is 0 Å². The van der Waals surface area contributed by atoms with Gasteiger partial charge in [0.25, 0.3) is 0 Å². The molecule has 1 saturated heterocycles. The lowest BCUT2D eigenvalue weighted by atomic mass is 9.89. The van der Waals surface area contributed by atoms with Gasteiger partial charge in [-0.3, -0.25) is 9.48 Å². The molecule has 5 rings (SSSR count). The Labute approximate surface area is 236 Å². The normalized spacial score (nSPS) is 15.6. The van der Waals surface area contributed by atoms with Crippen LogP contribution in [-0.4, -0.2) is 74.9 Å². The smallest absolute Gasteiger partial charge is 0.333 e. The molecule has 0 bridgehead atoms. The molecule has 1 fully saturated rings. The minimum absolute atomic E-state index is 0.0120. The van der Waals surface area contributed by atoms with Gasteiger partial charge in [-0.2, -0.15) is 14.7 Å². The average molecular weight is 577 g/mol. The standard InChI is InChI=1S/C27H28N8O5S/c1-4-41(38,39)33-15-27(16-33,10-11-28)35-14-20(13-31-35)23-22-9-12-34(25(22)30-17-29-23)24(26(37)40-3)19-5-7-21(8-6-19)32-18(2)36/h5-9,12-14,17,24H,4,10,15-16H2,1-3H3,(H,32,36). The van der Waals surface area contributed by atoms with Crippen LogP contribution in [0.15, 0.2) is 55.2 Å². The summed E-state index contributed by atoms with van der Waals surface area (Å²) in [6.45, 7) is 3.33. The Bertz CT molecular complexity index is 1760. The summed E-state index contributed by atoms with van der Waals surface area (Å²) in [6, 6.07) is 9.99. The number of nitrogens with zero attached hydrogens (tertiary/aromatic N) is 7. The Hall–Kier alpha value is -4.61. The van der Waals surface area contributed by atoms with E-state index in [0.717, 1.165) is 0 Å². The number of fused-ring (bicyclic) bond motifs is 1. The van der Waals surface area contributed by atoms with E-state index in [-0.39, 0.29) is 31.2 Å². The van der Waals surface area contributed by atoms with Crippen LogP contribution < -0.4 is 5.32 Å². The fourth-order valence-electron chi connectivity index (χ4n) is 5.06. The SMILES string of the molecule is CCS(=O)(=O)N1CC(CC#N)(n2cc(-c3ncnc4c3ccn4C(C(=O)OC)c3ccc(NC(C)=O)cc3)cn2)C1. The number of sulfonamides is 1. The van der Waals surface area contributed by atoms with Crippen LogP contribution in [0.5, 0.6) is 0 Å². The van der Waals surface area contributed by atoms with Crippen LogP contribution in [0.25, 0.3) is 22.3 Å². The molecule has 0 radical (unpaired) electrons.